The van der Waals surface area contributed by atoms with E-state index in [1.165, 1.54) is 25.6 Å². The number of esters is 1. The number of ether oxygens (including phenoxy) is 3. The second-order valence-electron chi connectivity index (χ2n) is 4.21. The van der Waals surface area contributed by atoms with E-state index < -0.39 is 5.97 Å². The SMILES string of the molecule is COC(=O)c1sc(NCC2CCCO2)c(OC)c1N. The van der Waals surface area contributed by atoms with Crippen molar-refractivity contribution >= 4 is 28.0 Å². The first-order valence-electron chi connectivity index (χ1n) is 6.07. The number of anilines is 2. The Morgan fingerprint density at radius 3 is 2.95 bits per heavy atom. The molecule has 2 heterocycles. The number of nitrogens with two attached hydrogens (primary N) is 1. The van der Waals surface area contributed by atoms with Gasteiger partial charge < -0.3 is 25.3 Å². The number of thiophene rings is 1. The highest BCUT2D eigenvalue weighted by molar-refractivity contribution is 7.19. The van der Waals surface area contributed by atoms with E-state index in [2.05, 4.69) is 5.32 Å². The van der Waals surface area contributed by atoms with Gasteiger partial charge in [0, 0.05) is 13.2 Å². The highest BCUT2D eigenvalue weighted by Crippen LogP contribution is 2.42. The van der Waals surface area contributed by atoms with Crippen LogP contribution in [-0.2, 0) is 9.47 Å². The van der Waals surface area contributed by atoms with Gasteiger partial charge >= 0.3 is 5.97 Å². The molecule has 6 nitrogen and oxygen atoms in total. The molecule has 1 aromatic rings. The number of nitrogen functional groups attached to an aromatic ring is 1. The lowest BCUT2D eigenvalue weighted by Crippen LogP contribution is -2.18. The third-order valence-corrected chi connectivity index (χ3v) is 4.11. The molecule has 0 saturated carbocycles. The van der Waals surface area contributed by atoms with E-state index in [1.54, 1.807) is 0 Å². The summed E-state index contributed by atoms with van der Waals surface area (Å²) in [6, 6.07) is 0. The van der Waals surface area contributed by atoms with Gasteiger partial charge in [-0.25, -0.2) is 4.79 Å². The minimum atomic E-state index is -0.453. The Balaban J connectivity index is 2.12. The molecular weight excluding hydrogens is 268 g/mol. The van der Waals surface area contributed by atoms with Gasteiger partial charge in [-0.1, -0.05) is 0 Å². The first kappa shape index (κ1) is 14.0. The van der Waals surface area contributed by atoms with Crippen LogP contribution in [0, 0.1) is 0 Å². The van der Waals surface area contributed by atoms with E-state index in [0.29, 0.717) is 22.9 Å². The van der Waals surface area contributed by atoms with E-state index in [9.17, 15) is 4.79 Å². The lowest BCUT2D eigenvalue weighted by atomic mass is 10.2. The molecule has 0 aromatic carbocycles. The molecule has 3 N–H and O–H groups in total. The summed E-state index contributed by atoms with van der Waals surface area (Å²) < 4.78 is 15.5. The fourth-order valence-corrected chi connectivity index (χ4v) is 3.02. The van der Waals surface area contributed by atoms with Crippen LogP contribution in [0.25, 0.3) is 0 Å². The van der Waals surface area contributed by atoms with Crippen LogP contribution in [0.3, 0.4) is 0 Å². The quantitative estimate of drug-likeness (QED) is 0.802. The molecule has 2 rings (SSSR count). The molecule has 1 saturated heterocycles. The Kier molecular flexibility index (Phi) is 4.49. The van der Waals surface area contributed by atoms with Crippen LogP contribution in [-0.4, -0.2) is 39.4 Å². The molecule has 1 atom stereocenters. The number of carbonyl (C=O) groups is 1. The predicted molar refractivity (Wildman–Crippen MR) is 74.1 cm³/mol. The van der Waals surface area contributed by atoms with Crippen LogP contribution in [0.15, 0.2) is 0 Å². The van der Waals surface area contributed by atoms with E-state index in [1.807, 2.05) is 0 Å². The number of hydrogen-bond acceptors (Lipinski definition) is 7. The van der Waals surface area contributed by atoms with Crippen LogP contribution in [0.4, 0.5) is 10.7 Å². The summed E-state index contributed by atoms with van der Waals surface area (Å²) in [4.78, 5) is 11.9. The second-order valence-corrected chi connectivity index (χ2v) is 5.24. The summed E-state index contributed by atoms with van der Waals surface area (Å²) >= 11 is 1.24. The molecule has 0 bridgehead atoms. The summed E-state index contributed by atoms with van der Waals surface area (Å²) in [6.45, 7) is 1.49. The minimum Gasteiger partial charge on any atom is -0.492 e. The van der Waals surface area contributed by atoms with Gasteiger partial charge in [0.1, 0.15) is 15.6 Å². The van der Waals surface area contributed by atoms with Crippen LogP contribution < -0.4 is 15.8 Å². The van der Waals surface area contributed by atoms with Gasteiger partial charge in [-0.3, -0.25) is 0 Å². The number of nitrogens with one attached hydrogen (secondary N) is 1. The topological polar surface area (TPSA) is 82.8 Å². The molecule has 0 radical (unpaired) electrons. The molecule has 7 heteroatoms. The van der Waals surface area contributed by atoms with Crippen molar-refractivity contribution in [2.45, 2.75) is 18.9 Å². The monoisotopic (exact) mass is 286 g/mol. The van der Waals surface area contributed by atoms with Gasteiger partial charge in [-0.15, -0.1) is 11.3 Å². The fraction of sp³-hybridized carbons (Fsp3) is 0.583. The van der Waals surface area contributed by atoms with E-state index >= 15 is 0 Å². The Labute approximate surface area is 115 Å². The number of hydrogen-bond donors (Lipinski definition) is 2. The van der Waals surface area contributed by atoms with Crippen molar-refractivity contribution in [1.29, 1.82) is 0 Å². The number of carbonyl (C=O) groups excluding carboxylic acids is 1. The summed E-state index contributed by atoms with van der Waals surface area (Å²) in [6.07, 6.45) is 2.33. The van der Waals surface area contributed by atoms with Gasteiger partial charge in [-0.2, -0.15) is 0 Å². The van der Waals surface area contributed by atoms with Crippen LogP contribution in [0.2, 0.25) is 0 Å². The lowest BCUT2D eigenvalue weighted by Gasteiger charge is -2.11. The maximum Gasteiger partial charge on any atom is 0.350 e. The minimum absolute atomic E-state index is 0.203. The summed E-state index contributed by atoms with van der Waals surface area (Å²) in [5, 5.41) is 3.96. The highest BCUT2D eigenvalue weighted by atomic mass is 32.1. The van der Waals surface area contributed by atoms with Crippen LogP contribution in [0.1, 0.15) is 22.5 Å². The summed E-state index contributed by atoms with van der Waals surface area (Å²) in [5.41, 5.74) is 6.20. The Hall–Kier alpha value is -1.47. The third-order valence-electron chi connectivity index (χ3n) is 2.99. The molecule has 1 aromatic heterocycles. The van der Waals surface area contributed by atoms with Crippen molar-refractivity contribution in [2.24, 2.45) is 0 Å². The average molecular weight is 286 g/mol. The Morgan fingerprint density at radius 2 is 2.37 bits per heavy atom. The third kappa shape index (κ3) is 2.93. The lowest BCUT2D eigenvalue weighted by molar-refractivity contribution is 0.0607. The van der Waals surface area contributed by atoms with Crippen molar-refractivity contribution in [3.05, 3.63) is 4.88 Å². The molecule has 1 fully saturated rings. The summed E-state index contributed by atoms with van der Waals surface area (Å²) in [7, 11) is 2.85. The zero-order valence-corrected chi connectivity index (χ0v) is 11.8. The number of rotatable bonds is 5. The van der Waals surface area contributed by atoms with Gasteiger partial charge in [-0.05, 0) is 12.8 Å². The summed E-state index contributed by atoms with van der Waals surface area (Å²) in [5.74, 6) is 0.0364. The van der Waals surface area contributed by atoms with Crippen molar-refractivity contribution in [3.8, 4) is 5.75 Å². The van der Waals surface area contributed by atoms with Crippen LogP contribution in [0.5, 0.6) is 5.75 Å². The molecule has 106 valence electrons. The first-order chi connectivity index (χ1) is 9.17. The Bertz CT molecular complexity index is 455. The molecule has 1 aliphatic rings. The molecule has 0 amide bonds. The normalized spacial score (nSPS) is 18.3. The zero-order chi connectivity index (χ0) is 13.8. The van der Waals surface area contributed by atoms with Crippen LogP contribution >= 0.6 is 11.3 Å². The van der Waals surface area contributed by atoms with Crippen molar-refractivity contribution in [3.63, 3.8) is 0 Å². The van der Waals surface area contributed by atoms with Crippen molar-refractivity contribution in [1.82, 2.24) is 0 Å². The zero-order valence-electron chi connectivity index (χ0n) is 11.0. The predicted octanol–water partition coefficient (Wildman–Crippen LogP) is 1.72. The average Bonchev–Trinajstić information content (AvgIpc) is 3.03. The van der Waals surface area contributed by atoms with E-state index in [4.69, 9.17) is 19.9 Å². The maximum atomic E-state index is 11.6. The second kappa shape index (κ2) is 6.12. The van der Waals surface area contributed by atoms with Gasteiger partial charge in [0.05, 0.1) is 20.3 Å². The molecule has 0 spiro atoms. The smallest absolute Gasteiger partial charge is 0.350 e. The first-order valence-corrected chi connectivity index (χ1v) is 6.89. The van der Waals surface area contributed by atoms with E-state index in [0.717, 1.165) is 24.4 Å². The molecular formula is C12H18N2O4S. The largest absolute Gasteiger partial charge is 0.492 e. The molecule has 1 unspecified atom stereocenters. The fourth-order valence-electron chi connectivity index (χ4n) is 2.00. The Morgan fingerprint density at radius 1 is 1.58 bits per heavy atom. The van der Waals surface area contributed by atoms with Gasteiger partial charge in [0.25, 0.3) is 0 Å². The van der Waals surface area contributed by atoms with Gasteiger partial charge in [0.2, 0.25) is 0 Å². The van der Waals surface area contributed by atoms with E-state index in [-0.39, 0.29) is 6.10 Å². The standard InChI is InChI=1S/C12H18N2O4S/c1-16-9-8(13)10(12(15)17-2)19-11(9)14-6-7-4-3-5-18-7/h7,14H,3-6,13H2,1-2H3. The molecule has 19 heavy (non-hydrogen) atoms. The van der Waals surface area contributed by atoms with Crippen molar-refractivity contribution < 1.29 is 19.0 Å². The molecule has 1 aliphatic heterocycles. The van der Waals surface area contributed by atoms with Gasteiger partial charge in [0.15, 0.2) is 5.75 Å². The van der Waals surface area contributed by atoms with Crippen molar-refractivity contribution in [2.75, 3.05) is 38.4 Å². The highest BCUT2D eigenvalue weighted by Gasteiger charge is 2.23. The molecule has 0 aliphatic carbocycles. The number of methoxy groups -OCH3 is 2. The maximum absolute atomic E-state index is 11.6.